The molecule has 1 heterocycles. The van der Waals surface area contributed by atoms with Gasteiger partial charge in [0.2, 0.25) is 5.91 Å². The van der Waals surface area contributed by atoms with Crippen LogP contribution in [0.1, 0.15) is 56.6 Å². The van der Waals surface area contributed by atoms with Gasteiger partial charge in [-0.05, 0) is 19.3 Å². The maximum Gasteiger partial charge on any atom is 0.222 e. The number of aromatic nitrogens is 3. The molecule has 5 nitrogen and oxygen atoms in total. The molecule has 1 N–H and O–H groups in total. The molecular formula is C14H24N4O. The van der Waals surface area contributed by atoms with Crippen LogP contribution in [-0.4, -0.2) is 33.0 Å². The first kappa shape index (κ1) is 14.0. The molecule has 0 bridgehead atoms. The quantitative estimate of drug-likeness (QED) is 0.888. The van der Waals surface area contributed by atoms with Crippen molar-refractivity contribution < 1.29 is 4.79 Å². The number of carbonyl (C=O) groups is 1. The molecule has 1 aromatic heterocycles. The van der Waals surface area contributed by atoms with Crippen LogP contribution in [0.15, 0.2) is 0 Å². The molecule has 19 heavy (non-hydrogen) atoms. The SMILES string of the molecule is Cc1nc(CN(C)C(=O)CCC2CCCCC2)n[nH]1. The van der Waals surface area contributed by atoms with Crippen LogP contribution in [0.2, 0.25) is 0 Å². The van der Waals surface area contributed by atoms with Crippen LogP contribution in [0.4, 0.5) is 0 Å². The predicted octanol–water partition coefficient (Wildman–Crippen LogP) is 2.43. The maximum absolute atomic E-state index is 12.1. The average molecular weight is 264 g/mol. The summed E-state index contributed by atoms with van der Waals surface area (Å²) < 4.78 is 0. The van der Waals surface area contributed by atoms with Gasteiger partial charge in [0.1, 0.15) is 5.82 Å². The fraction of sp³-hybridized carbons (Fsp3) is 0.786. The Labute approximate surface area is 114 Å². The van der Waals surface area contributed by atoms with E-state index in [-0.39, 0.29) is 5.91 Å². The second-order valence-electron chi connectivity index (χ2n) is 5.63. The highest BCUT2D eigenvalue weighted by atomic mass is 16.2. The van der Waals surface area contributed by atoms with Crippen molar-refractivity contribution >= 4 is 5.91 Å². The standard InChI is InChI=1S/C14H24N4O/c1-11-15-13(17-16-11)10-18(2)14(19)9-8-12-6-4-3-5-7-12/h12H,3-10H2,1-2H3,(H,15,16,17). The number of H-pyrrole nitrogens is 1. The molecule has 1 aliphatic rings. The van der Waals surface area contributed by atoms with Gasteiger partial charge in [0, 0.05) is 13.5 Å². The molecule has 0 spiro atoms. The van der Waals surface area contributed by atoms with Gasteiger partial charge in [0.25, 0.3) is 0 Å². The lowest BCUT2D eigenvalue weighted by Gasteiger charge is -2.22. The van der Waals surface area contributed by atoms with Crippen molar-refractivity contribution in [3.05, 3.63) is 11.6 Å². The summed E-state index contributed by atoms with van der Waals surface area (Å²) in [6.07, 6.45) is 8.35. The highest BCUT2D eigenvalue weighted by Gasteiger charge is 2.17. The molecule has 2 rings (SSSR count). The number of hydrogen-bond donors (Lipinski definition) is 1. The van der Waals surface area contributed by atoms with Crippen LogP contribution in [0, 0.1) is 12.8 Å². The molecule has 1 fully saturated rings. The molecule has 0 saturated heterocycles. The van der Waals surface area contributed by atoms with Crippen LogP contribution < -0.4 is 0 Å². The Bertz CT molecular complexity index is 409. The summed E-state index contributed by atoms with van der Waals surface area (Å²) in [6, 6.07) is 0. The molecule has 0 aromatic carbocycles. The number of amides is 1. The van der Waals surface area contributed by atoms with Crippen molar-refractivity contribution in [3.63, 3.8) is 0 Å². The Hall–Kier alpha value is -1.39. The summed E-state index contributed by atoms with van der Waals surface area (Å²) >= 11 is 0. The van der Waals surface area contributed by atoms with E-state index >= 15 is 0 Å². The largest absolute Gasteiger partial charge is 0.338 e. The van der Waals surface area contributed by atoms with Gasteiger partial charge < -0.3 is 4.90 Å². The number of hydrogen-bond acceptors (Lipinski definition) is 3. The minimum absolute atomic E-state index is 0.202. The Morgan fingerprint density at radius 3 is 2.74 bits per heavy atom. The lowest BCUT2D eigenvalue weighted by atomic mass is 9.86. The summed E-state index contributed by atoms with van der Waals surface area (Å²) in [5, 5.41) is 6.86. The molecule has 1 amide bonds. The Balaban J connectivity index is 1.72. The minimum Gasteiger partial charge on any atom is -0.338 e. The van der Waals surface area contributed by atoms with Crippen LogP contribution in [0.3, 0.4) is 0 Å². The van der Waals surface area contributed by atoms with Gasteiger partial charge >= 0.3 is 0 Å². The van der Waals surface area contributed by atoms with Crippen molar-refractivity contribution in [1.82, 2.24) is 20.1 Å². The number of carbonyl (C=O) groups excluding carboxylic acids is 1. The molecule has 0 aliphatic heterocycles. The van der Waals surface area contributed by atoms with E-state index in [1.54, 1.807) is 4.90 Å². The molecule has 106 valence electrons. The summed E-state index contributed by atoms with van der Waals surface area (Å²) in [5.41, 5.74) is 0. The number of aryl methyl sites for hydroxylation is 1. The summed E-state index contributed by atoms with van der Waals surface area (Å²) in [7, 11) is 1.83. The summed E-state index contributed by atoms with van der Waals surface area (Å²) in [4.78, 5) is 18.0. The highest BCUT2D eigenvalue weighted by molar-refractivity contribution is 5.75. The van der Waals surface area contributed by atoms with E-state index in [1.165, 1.54) is 32.1 Å². The number of nitrogens with one attached hydrogen (secondary N) is 1. The van der Waals surface area contributed by atoms with Crippen LogP contribution in [0.25, 0.3) is 0 Å². The average Bonchev–Trinajstić information content (AvgIpc) is 2.82. The van der Waals surface area contributed by atoms with Gasteiger partial charge in [-0.25, -0.2) is 4.98 Å². The maximum atomic E-state index is 12.1. The number of aromatic amines is 1. The molecule has 1 saturated carbocycles. The number of nitrogens with zero attached hydrogens (tertiary/aromatic N) is 3. The molecule has 0 radical (unpaired) electrons. The molecule has 0 atom stereocenters. The zero-order valence-electron chi connectivity index (χ0n) is 12.0. The minimum atomic E-state index is 0.202. The van der Waals surface area contributed by atoms with Gasteiger partial charge in [-0.2, -0.15) is 5.10 Å². The van der Waals surface area contributed by atoms with Crippen LogP contribution in [0.5, 0.6) is 0 Å². The fourth-order valence-electron chi connectivity index (χ4n) is 2.75. The van der Waals surface area contributed by atoms with Crippen molar-refractivity contribution in [3.8, 4) is 0 Å². The third kappa shape index (κ3) is 4.33. The summed E-state index contributed by atoms with van der Waals surface area (Å²) in [5.74, 6) is 2.44. The molecule has 1 aliphatic carbocycles. The number of rotatable bonds is 5. The van der Waals surface area contributed by atoms with Crippen molar-refractivity contribution in [2.45, 2.75) is 58.4 Å². The molecule has 0 unspecified atom stereocenters. The lowest BCUT2D eigenvalue weighted by molar-refractivity contribution is -0.130. The van der Waals surface area contributed by atoms with Crippen molar-refractivity contribution in [2.24, 2.45) is 5.92 Å². The van der Waals surface area contributed by atoms with E-state index in [9.17, 15) is 4.79 Å². The van der Waals surface area contributed by atoms with Gasteiger partial charge in [0.05, 0.1) is 6.54 Å². The van der Waals surface area contributed by atoms with E-state index < -0.39 is 0 Å². The van der Waals surface area contributed by atoms with E-state index in [4.69, 9.17) is 0 Å². The van der Waals surface area contributed by atoms with Crippen molar-refractivity contribution in [2.75, 3.05) is 7.05 Å². The first-order valence-electron chi connectivity index (χ1n) is 7.27. The van der Waals surface area contributed by atoms with E-state index in [0.717, 1.165) is 18.2 Å². The molecular weight excluding hydrogens is 240 g/mol. The van der Waals surface area contributed by atoms with E-state index in [0.29, 0.717) is 18.8 Å². The van der Waals surface area contributed by atoms with Crippen LogP contribution >= 0.6 is 0 Å². The topological polar surface area (TPSA) is 61.9 Å². The Morgan fingerprint density at radius 1 is 1.37 bits per heavy atom. The Morgan fingerprint density at radius 2 is 2.11 bits per heavy atom. The van der Waals surface area contributed by atoms with Gasteiger partial charge in [-0.15, -0.1) is 0 Å². The molecule has 1 aromatic rings. The van der Waals surface area contributed by atoms with Gasteiger partial charge in [0.15, 0.2) is 5.82 Å². The van der Waals surface area contributed by atoms with Crippen LogP contribution in [-0.2, 0) is 11.3 Å². The monoisotopic (exact) mass is 264 g/mol. The first-order chi connectivity index (χ1) is 9.15. The third-order valence-electron chi connectivity index (χ3n) is 3.94. The third-order valence-corrected chi connectivity index (χ3v) is 3.94. The van der Waals surface area contributed by atoms with E-state index in [2.05, 4.69) is 15.2 Å². The second kappa shape index (κ2) is 6.68. The first-order valence-corrected chi connectivity index (χ1v) is 7.27. The smallest absolute Gasteiger partial charge is 0.222 e. The highest BCUT2D eigenvalue weighted by Crippen LogP contribution is 2.27. The zero-order valence-corrected chi connectivity index (χ0v) is 12.0. The normalized spacial score (nSPS) is 16.5. The Kier molecular flexibility index (Phi) is 4.93. The predicted molar refractivity (Wildman–Crippen MR) is 73.4 cm³/mol. The molecule has 5 heteroatoms. The van der Waals surface area contributed by atoms with E-state index in [1.807, 2.05) is 14.0 Å². The van der Waals surface area contributed by atoms with Gasteiger partial charge in [-0.1, -0.05) is 32.1 Å². The lowest BCUT2D eigenvalue weighted by Crippen LogP contribution is -2.27. The van der Waals surface area contributed by atoms with Gasteiger partial charge in [-0.3, -0.25) is 9.89 Å². The second-order valence-corrected chi connectivity index (χ2v) is 5.63. The summed E-state index contributed by atoms with van der Waals surface area (Å²) in [6.45, 7) is 2.36. The zero-order chi connectivity index (χ0) is 13.7. The fourth-order valence-corrected chi connectivity index (χ4v) is 2.75. The van der Waals surface area contributed by atoms with Crippen molar-refractivity contribution in [1.29, 1.82) is 0 Å².